The lowest BCUT2D eigenvalue weighted by atomic mass is 10.1. The van der Waals surface area contributed by atoms with Crippen LogP contribution in [0.3, 0.4) is 0 Å². The summed E-state index contributed by atoms with van der Waals surface area (Å²) in [4.78, 5) is 12.5. The molecule has 2 heterocycles. The molecule has 1 fully saturated rings. The van der Waals surface area contributed by atoms with Crippen LogP contribution in [0.15, 0.2) is 64.2 Å². The number of nitrogens with one attached hydrogen (secondary N) is 2. The molecule has 0 atom stereocenters. The van der Waals surface area contributed by atoms with Gasteiger partial charge in [-0.2, -0.15) is 0 Å². The van der Waals surface area contributed by atoms with Gasteiger partial charge in [-0.3, -0.25) is 9.52 Å². The van der Waals surface area contributed by atoms with E-state index in [1.54, 1.807) is 53.9 Å². The van der Waals surface area contributed by atoms with E-state index >= 15 is 0 Å². The van der Waals surface area contributed by atoms with Gasteiger partial charge in [0.15, 0.2) is 11.5 Å². The van der Waals surface area contributed by atoms with Crippen LogP contribution in [0.25, 0.3) is 0 Å². The average Bonchev–Trinajstić information content (AvgIpc) is 3.50. The zero-order valence-electron chi connectivity index (χ0n) is 17.2. The Balaban J connectivity index is 1.19. The van der Waals surface area contributed by atoms with Gasteiger partial charge in [-0.1, -0.05) is 18.2 Å². The summed E-state index contributed by atoms with van der Waals surface area (Å²) in [6.45, 7) is 0. The highest BCUT2D eigenvalue weighted by Crippen LogP contribution is 2.47. The van der Waals surface area contributed by atoms with Crippen molar-refractivity contribution in [2.24, 2.45) is 0 Å². The summed E-state index contributed by atoms with van der Waals surface area (Å²) in [6.07, 6.45) is 4.10. The van der Waals surface area contributed by atoms with Gasteiger partial charge in [-0.15, -0.1) is 11.3 Å². The van der Waals surface area contributed by atoms with Gasteiger partial charge in [-0.25, -0.2) is 8.42 Å². The van der Waals surface area contributed by atoms with Crippen LogP contribution >= 0.6 is 11.3 Å². The van der Waals surface area contributed by atoms with Crippen molar-refractivity contribution >= 4 is 38.6 Å². The fourth-order valence-corrected chi connectivity index (χ4v) is 6.04. The zero-order valence-corrected chi connectivity index (χ0v) is 18.8. The molecule has 1 spiro atoms. The van der Waals surface area contributed by atoms with Gasteiger partial charge in [0, 0.05) is 30.3 Å². The summed E-state index contributed by atoms with van der Waals surface area (Å²) in [6, 6.07) is 15.4. The number of carbonyl (C=O) groups excluding carboxylic acids is 1. The molecule has 166 valence electrons. The number of hydrogen-bond donors (Lipinski definition) is 2. The van der Waals surface area contributed by atoms with E-state index in [9.17, 15) is 13.2 Å². The van der Waals surface area contributed by atoms with E-state index in [2.05, 4.69) is 10.0 Å². The predicted octanol–water partition coefficient (Wildman–Crippen LogP) is 4.77. The monoisotopic (exact) mass is 470 g/mol. The topological polar surface area (TPSA) is 93.7 Å². The summed E-state index contributed by atoms with van der Waals surface area (Å²) in [5.74, 6) is 0.668. The fourth-order valence-electron chi connectivity index (χ4n) is 3.99. The van der Waals surface area contributed by atoms with E-state index in [0.29, 0.717) is 22.9 Å². The quantitative estimate of drug-likeness (QED) is 0.541. The Morgan fingerprint density at radius 3 is 2.41 bits per heavy atom. The molecule has 9 heteroatoms. The zero-order chi connectivity index (χ0) is 22.2. The number of anilines is 2. The summed E-state index contributed by atoms with van der Waals surface area (Å²) < 4.78 is 39.5. The molecule has 5 rings (SSSR count). The predicted molar refractivity (Wildman–Crippen MR) is 123 cm³/mol. The Hall–Kier alpha value is -3.04. The lowest BCUT2D eigenvalue weighted by Gasteiger charge is -2.21. The van der Waals surface area contributed by atoms with Crippen LogP contribution in [0.4, 0.5) is 11.4 Å². The Morgan fingerprint density at radius 2 is 1.69 bits per heavy atom. The molecule has 2 aromatic carbocycles. The first kappa shape index (κ1) is 20.8. The number of fused-ring (bicyclic) bond motifs is 1. The minimum atomic E-state index is -3.59. The number of thiophene rings is 1. The first-order chi connectivity index (χ1) is 15.4. The van der Waals surface area contributed by atoms with Crippen molar-refractivity contribution in [3.8, 4) is 11.5 Å². The normalized spacial score (nSPS) is 16.2. The largest absolute Gasteiger partial charge is 0.448 e. The number of ether oxygens (including phenoxy) is 2. The summed E-state index contributed by atoms with van der Waals surface area (Å²) in [5.41, 5.74) is 1.86. The molecule has 1 saturated carbocycles. The number of sulfonamides is 1. The van der Waals surface area contributed by atoms with Crippen molar-refractivity contribution in [1.82, 2.24) is 0 Å². The lowest BCUT2D eigenvalue weighted by molar-refractivity contribution is -0.115. The van der Waals surface area contributed by atoms with Crippen LogP contribution in [0, 0.1) is 0 Å². The summed E-state index contributed by atoms with van der Waals surface area (Å²) in [5, 5.41) is 4.60. The maximum atomic E-state index is 12.5. The third-order valence-electron chi connectivity index (χ3n) is 5.52. The molecule has 1 aromatic heterocycles. The second-order valence-corrected chi connectivity index (χ2v) is 10.8. The molecule has 3 aromatic rings. The molecule has 7 nitrogen and oxygen atoms in total. The molecular formula is C23H22N2O5S2. The van der Waals surface area contributed by atoms with Gasteiger partial charge in [0.2, 0.25) is 5.91 Å². The van der Waals surface area contributed by atoms with E-state index in [-0.39, 0.29) is 16.5 Å². The van der Waals surface area contributed by atoms with Gasteiger partial charge in [0.25, 0.3) is 15.8 Å². The molecule has 1 aliphatic carbocycles. The van der Waals surface area contributed by atoms with Crippen LogP contribution < -0.4 is 19.5 Å². The summed E-state index contributed by atoms with van der Waals surface area (Å²) in [7, 11) is -3.59. The standard InChI is InChI=1S/C23H22N2O5S2/c26-21(24-18-9-10-19-20(15-18)30-23(29-19)11-1-2-12-23)14-16-5-7-17(8-6-16)25-32(27,28)22-4-3-13-31-22/h3-10,13,15,25H,1-2,11-12,14H2,(H,24,26). The Morgan fingerprint density at radius 1 is 0.969 bits per heavy atom. The molecule has 0 saturated heterocycles. The molecule has 0 unspecified atom stereocenters. The SMILES string of the molecule is O=C(Cc1ccc(NS(=O)(=O)c2cccs2)cc1)Nc1ccc2c(c1)OC1(CCCC1)O2. The maximum absolute atomic E-state index is 12.5. The molecule has 1 aliphatic heterocycles. The van der Waals surface area contributed by atoms with Crippen LogP contribution in [0.5, 0.6) is 11.5 Å². The highest BCUT2D eigenvalue weighted by Gasteiger charge is 2.44. The molecule has 2 aliphatic rings. The first-order valence-corrected chi connectivity index (χ1v) is 12.7. The maximum Gasteiger partial charge on any atom is 0.271 e. The minimum Gasteiger partial charge on any atom is -0.448 e. The number of hydrogen-bond acceptors (Lipinski definition) is 6. The van der Waals surface area contributed by atoms with Gasteiger partial charge >= 0.3 is 0 Å². The molecular weight excluding hydrogens is 448 g/mol. The van der Waals surface area contributed by atoms with Gasteiger partial charge in [0.05, 0.1) is 6.42 Å². The van der Waals surface area contributed by atoms with E-state index in [0.717, 1.165) is 42.6 Å². The van der Waals surface area contributed by atoms with Gasteiger partial charge in [0.1, 0.15) is 4.21 Å². The van der Waals surface area contributed by atoms with Crippen LogP contribution in [0.2, 0.25) is 0 Å². The Bertz CT molecular complexity index is 1230. The minimum absolute atomic E-state index is 0.163. The van der Waals surface area contributed by atoms with Crippen molar-refractivity contribution < 1.29 is 22.7 Å². The molecule has 0 bridgehead atoms. The third-order valence-corrected chi connectivity index (χ3v) is 8.29. The van der Waals surface area contributed by atoms with Crippen molar-refractivity contribution in [3.05, 3.63) is 65.5 Å². The van der Waals surface area contributed by atoms with E-state index < -0.39 is 15.8 Å². The Labute approximate surface area is 190 Å². The first-order valence-electron chi connectivity index (χ1n) is 10.4. The van der Waals surface area contributed by atoms with Crippen molar-refractivity contribution in [1.29, 1.82) is 0 Å². The number of rotatable bonds is 6. The third kappa shape index (κ3) is 4.31. The highest BCUT2D eigenvalue weighted by molar-refractivity contribution is 7.94. The van der Waals surface area contributed by atoms with Crippen molar-refractivity contribution in [2.45, 2.75) is 42.1 Å². The smallest absolute Gasteiger partial charge is 0.271 e. The number of amides is 1. The Kier molecular flexibility index (Phi) is 5.30. The van der Waals surface area contributed by atoms with Crippen LogP contribution in [-0.4, -0.2) is 20.1 Å². The second kappa shape index (κ2) is 8.14. The molecule has 1 amide bonds. The van der Waals surface area contributed by atoms with E-state index in [1.165, 1.54) is 0 Å². The average molecular weight is 471 g/mol. The van der Waals surface area contributed by atoms with Gasteiger partial charge < -0.3 is 14.8 Å². The molecule has 0 radical (unpaired) electrons. The number of carbonyl (C=O) groups is 1. The lowest BCUT2D eigenvalue weighted by Crippen LogP contribution is -2.34. The van der Waals surface area contributed by atoms with E-state index in [4.69, 9.17) is 9.47 Å². The van der Waals surface area contributed by atoms with Crippen LogP contribution in [0.1, 0.15) is 31.2 Å². The van der Waals surface area contributed by atoms with Crippen molar-refractivity contribution in [3.63, 3.8) is 0 Å². The fraction of sp³-hybridized carbons (Fsp3) is 0.261. The highest BCUT2D eigenvalue weighted by atomic mass is 32.2. The van der Waals surface area contributed by atoms with Crippen LogP contribution in [-0.2, 0) is 21.2 Å². The van der Waals surface area contributed by atoms with Crippen molar-refractivity contribution in [2.75, 3.05) is 10.0 Å². The molecule has 2 N–H and O–H groups in total. The van der Waals surface area contributed by atoms with E-state index in [1.807, 2.05) is 6.07 Å². The second-order valence-electron chi connectivity index (χ2n) is 7.94. The van der Waals surface area contributed by atoms with Gasteiger partial charge in [-0.05, 0) is 54.1 Å². The molecule has 32 heavy (non-hydrogen) atoms. The summed E-state index contributed by atoms with van der Waals surface area (Å²) >= 11 is 1.15. The number of benzene rings is 2.